The SMILES string of the molecule is O=C(Oc1ccc2c(=O)c(-c3ccccc3)c(C(F)(F)F)oc2c1)c1ccncc1. The minimum Gasteiger partial charge on any atom is -0.450 e. The van der Waals surface area contributed by atoms with Gasteiger partial charge in [0.05, 0.1) is 16.5 Å². The van der Waals surface area contributed by atoms with Crippen LogP contribution in [0.1, 0.15) is 16.1 Å². The highest BCUT2D eigenvalue weighted by atomic mass is 19.4. The van der Waals surface area contributed by atoms with Gasteiger partial charge < -0.3 is 9.15 Å². The zero-order valence-corrected chi connectivity index (χ0v) is 15.1. The average Bonchev–Trinajstić information content (AvgIpc) is 2.74. The molecule has 0 atom stereocenters. The maximum atomic E-state index is 13.7. The molecule has 8 heteroatoms. The van der Waals surface area contributed by atoms with Crippen LogP contribution < -0.4 is 10.2 Å². The van der Waals surface area contributed by atoms with Crippen molar-refractivity contribution in [1.29, 1.82) is 0 Å². The molecule has 5 nitrogen and oxygen atoms in total. The molecule has 4 rings (SSSR count). The number of pyridine rings is 1. The van der Waals surface area contributed by atoms with Gasteiger partial charge in [-0.25, -0.2) is 4.79 Å². The molecule has 0 radical (unpaired) electrons. The summed E-state index contributed by atoms with van der Waals surface area (Å²) in [6, 6.07) is 14.0. The van der Waals surface area contributed by atoms with Crippen LogP contribution in [0.25, 0.3) is 22.1 Å². The summed E-state index contributed by atoms with van der Waals surface area (Å²) < 4.78 is 51.2. The van der Waals surface area contributed by atoms with Crippen LogP contribution in [0.3, 0.4) is 0 Å². The van der Waals surface area contributed by atoms with E-state index in [0.717, 1.165) is 6.07 Å². The number of rotatable bonds is 3. The monoisotopic (exact) mass is 411 g/mol. The second kappa shape index (κ2) is 7.47. The zero-order valence-electron chi connectivity index (χ0n) is 15.1. The molecule has 0 amide bonds. The average molecular weight is 411 g/mol. The maximum Gasteiger partial charge on any atom is 0.450 e. The number of nitrogens with zero attached hydrogens (tertiary/aromatic N) is 1. The first kappa shape index (κ1) is 19.4. The second-order valence-electron chi connectivity index (χ2n) is 6.28. The number of hydrogen-bond acceptors (Lipinski definition) is 5. The molecule has 0 unspecified atom stereocenters. The summed E-state index contributed by atoms with van der Waals surface area (Å²) in [5.41, 5.74) is -1.44. The van der Waals surface area contributed by atoms with Gasteiger partial charge >= 0.3 is 12.1 Å². The third-order valence-electron chi connectivity index (χ3n) is 4.31. The zero-order chi connectivity index (χ0) is 21.3. The molecule has 0 aliphatic rings. The Kier molecular flexibility index (Phi) is 4.83. The van der Waals surface area contributed by atoms with Gasteiger partial charge in [0.25, 0.3) is 0 Å². The first-order valence-corrected chi connectivity index (χ1v) is 8.70. The summed E-state index contributed by atoms with van der Waals surface area (Å²) in [5, 5.41) is -0.0643. The Labute approximate surface area is 167 Å². The van der Waals surface area contributed by atoms with Crippen molar-refractivity contribution in [2.24, 2.45) is 0 Å². The maximum absolute atomic E-state index is 13.7. The van der Waals surface area contributed by atoms with Crippen molar-refractivity contribution in [1.82, 2.24) is 4.98 Å². The number of ether oxygens (including phenoxy) is 1. The molecule has 0 bridgehead atoms. The molecule has 0 saturated heterocycles. The van der Waals surface area contributed by atoms with Crippen LogP contribution in [0.5, 0.6) is 5.75 Å². The van der Waals surface area contributed by atoms with Crippen molar-refractivity contribution in [3.05, 3.63) is 94.6 Å². The van der Waals surface area contributed by atoms with E-state index in [1.807, 2.05) is 0 Å². The predicted molar refractivity (Wildman–Crippen MR) is 102 cm³/mol. The van der Waals surface area contributed by atoms with E-state index in [4.69, 9.17) is 9.15 Å². The molecule has 0 aliphatic heterocycles. The number of carbonyl (C=O) groups excluding carboxylic acids is 1. The van der Waals surface area contributed by atoms with Crippen molar-refractivity contribution >= 4 is 16.9 Å². The lowest BCUT2D eigenvalue weighted by atomic mass is 10.0. The number of alkyl halides is 3. The van der Waals surface area contributed by atoms with Gasteiger partial charge in [0, 0.05) is 18.5 Å². The summed E-state index contributed by atoms with van der Waals surface area (Å²) in [7, 11) is 0. The number of esters is 1. The first-order chi connectivity index (χ1) is 14.3. The Balaban J connectivity index is 1.84. The smallest absolute Gasteiger partial charge is 0.450 e. The number of carbonyl (C=O) groups is 1. The Bertz CT molecular complexity index is 1280. The molecule has 2 aromatic carbocycles. The lowest BCUT2D eigenvalue weighted by Crippen LogP contribution is -2.16. The summed E-state index contributed by atoms with van der Waals surface area (Å²) >= 11 is 0. The van der Waals surface area contributed by atoms with Crippen molar-refractivity contribution < 1.29 is 27.1 Å². The van der Waals surface area contributed by atoms with Gasteiger partial charge in [0.15, 0.2) is 0 Å². The van der Waals surface area contributed by atoms with Gasteiger partial charge in [0.2, 0.25) is 11.2 Å². The van der Waals surface area contributed by atoms with E-state index >= 15 is 0 Å². The van der Waals surface area contributed by atoms with E-state index in [9.17, 15) is 22.8 Å². The third kappa shape index (κ3) is 3.67. The van der Waals surface area contributed by atoms with Crippen molar-refractivity contribution in [3.8, 4) is 16.9 Å². The minimum absolute atomic E-state index is 0.0620. The van der Waals surface area contributed by atoms with E-state index in [0.29, 0.717) is 0 Å². The van der Waals surface area contributed by atoms with Crippen LogP contribution in [-0.4, -0.2) is 11.0 Å². The molecule has 2 aromatic heterocycles. The Morgan fingerprint density at radius 3 is 2.33 bits per heavy atom. The highest BCUT2D eigenvalue weighted by Crippen LogP contribution is 2.37. The molecule has 0 saturated carbocycles. The van der Waals surface area contributed by atoms with Crippen molar-refractivity contribution in [2.75, 3.05) is 0 Å². The van der Waals surface area contributed by atoms with Crippen LogP contribution in [0.2, 0.25) is 0 Å². The van der Waals surface area contributed by atoms with Gasteiger partial charge in [-0.15, -0.1) is 0 Å². The van der Waals surface area contributed by atoms with Crippen molar-refractivity contribution in [2.45, 2.75) is 6.18 Å². The van der Waals surface area contributed by atoms with Crippen LogP contribution in [0, 0.1) is 0 Å². The number of halogens is 3. The number of benzene rings is 2. The van der Waals surface area contributed by atoms with Crippen LogP contribution in [-0.2, 0) is 6.18 Å². The summed E-state index contributed by atoms with van der Waals surface area (Å²) in [6.45, 7) is 0. The van der Waals surface area contributed by atoms with E-state index in [2.05, 4.69) is 4.98 Å². The quantitative estimate of drug-likeness (QED) is 0.347. The molecule has 0 fully saturated rings. The fourth-order valence-corrected chi connectivity index (χ4v) is 2.96. The fourth-order valence-electron chi connectivity index (χ4n) is 2.96. The summed E-state index contributed by atoms with van der Waals surface area (Å²) in [5.74, 6) is -2.20. The van der Waals surface area contributed by atoms with Gasteiger partial charge in [-0.3, -0.25) is 9.78 Å². The van der Waals surface area contributed by atoms with Gasteiger partial charge in [0.1, 0.15) is 11.3 Å². The molecule has 0 N–H and O–H groups in total. The molecule has 0 aliphatic carbocycles. The summed E-state index contributed by atoms with van der Waals surface area (Å²) in [6.07, 6.45) is -2.10. The lowest BCUT2D eigenvalue weighted by Gasteiger charge is -2.13. The van der Waals surface area contributed by atoms with Gasteiger partial charge in [-0.1, -0.05) is 30.3 Å². The summed E-state index contributed by atoms with van der Waals surface area (Å²) in [4.78, 5) is 28.8. The fraction of sp³-hybridized carbons (Fsp3) is 0.0455. The standard InChI is InChI=1S/C22H12F3NO4/c23-22(24,25)20-18(13-4-2-1-3-5-13)19(27)16-7-6-15(12-17(16)30-20)29-21(28)14-8-10-26-11-9-14/h1-12H. The van der Waals surface area contributed by atoms with E-state index in [1.165, 1.54) is 60.9 Å². The topological polar surface area (TPSA) is 69.4 Å². The first-order valence-electron chi connectivity index (χ1n) is 8.70. The Morgan fingerprint density at radius 2 is 1.67 bits per heavy atom. The lowest BCUT2D eigenvalue weighted by molar-refractivity contribution is -0.152. The molecule has 30 heavy (non-hydrogen) atoms. The number of aromatic nitrogens is 1. The highest BCUT2D eigenvalue weighted by molar-refractivity contribution is 5.91. The Morgan fingerprint density at radius 1 is 0.967 bits per heavy atom. The van der Waals surface area contributed by atoms with E-state index in [-0.39, 0.29) is 27.8 Å². The van der Waals surface area contributed by atoms with E-state index < -0.39 is 28.9 Å². The number of fused-ring (bicyclic) bond motifs is 1. The third-order valence-corrected chi connectivity index (χ3v) is 4.31. The van der Waals surface area contributed by atoms with Crippen molar-refractivity contribution in [3.63, 3.8) is 0 Å². The molecular weight excluding hydrogens is 399 g/mol. The second-order valence-corrected chi connectivity index (χ2v) is 6.28. The molecule has 0 spiro atoms. The molecule has 150 valence electrons. The number of hydrogen-bond donors (Lipinski definition) is 0. The highest BCUT2D eigenvalue weighted by Gasteiger charge is 2.39. The molecular formula is C22H12F3NO4. The van der Waals surface area contributed by atoms with E-state index in [1.54, 1.807) is 6.07 Å². The van der Waals surface area contributed by atoms with Crippen LogP contribution in [0.4, 0.5) is 13.2 Å². The van der Waals surface area contributed by atoms with Crippen LogP contribution >= 0.6 is 0 Å². The normalized spacial score (nSPS) is 11.4. The largest absolute Gasteiger partial charge is 0.450 e. The Hall–Kier alpha value is -3.94. The van der Waals surface area contributed by atoms with Crippen LogP contribution in [0.15, 0.2) is 82.3 Å². The predicted octanol–water partition coefficient (Wildman–Crippen LogP) is 5.09. The molecule has 2 heterocycles. The minimum atomic E-state index is -4.90. The van der Waals surface area contributed by atoms with Gasteiger partial charge in [-0.05, 0) is 29.8 Å². The molecule has 4 aromatic rings. The van der Waals surface area contributed by atoms with Gasteiger partial charge in [-0.2, -0.15) is 13.2 Å².